The summed E-state index contributed by atoms with van der Waals surface area (Å²) in [6.07, 6.45) is 3.76. The fraction of sp³-hybridized carbons (Fsp3) is 0.0370. The first-order valence-electron chi connectivity index (χ1n) is 19.0. The lowest BCUT2D eigenvalue weighted by molar-refractivity contribution is 1.32. The molecule has 268 valence electrons. The van der Waals surface area contributed by atoms with Crippen LogP contribution in [0, 0.1) is 6.92 Å². The fourth-order valence-electron chi connectivity index (χ4n) is 7.24. The second-order valence-electron chi connectivity index (χ2n) is 14.0. The molecule has 8 aromatic rings. The van der Waals surface area contributed by atoms with Crippen LogP contribution in [0.3, 0.4) is 0 Å². The van der Waals surface area contributed by atoms with Gasteiger partial charge in [-0.15, -0.1) is 0 Å². The number of rotatable bonds is 10. The third-order valence-electron chi connectivity index (χ3n) is 10.4. The largest absolute Gasteiger partial charge is 0.248 e. The highest BCUT2D eigenvalue weighted by Gasteiger charge is 2.14. The smallest absolute Gasteiger partial charge is 0.0715 e. The van der Waals surface area contributed by atoms with Crippen molar-refractivity contribution in [2.24, 2.45) is 0 Å². The minimum Gasteiger partial charge on any atom is -0.248 e. The van der Waals surface area contributed by atoms with Gasteiger partial charge in [0.1, 0.15) is 0 Å². The van der Waals surface area contributed by atoms with Gasteiger partial charge >= 0.3 is 0 Å². The van der Waals surface area contributed by atoms with Crippen LogP contribution < -0.4 is 0 Å². The van der Waals surface area contributed by atoms with Gasteiger partial charge in [-0.25, -0.2) is 9.97 Å². The summed E-state index contributed by atoms with van der Waals surface area (Å²) in [7, 11) is 0. The van der Waals surface area contributed by atoms with E-state index >= 15 is 0 Å². The van der Waals surface area contributed by atoms with E-state index in [0.717, 1.165) is 84.0 Å². The Labute approximate surface area is 330 Å². The summed E-state index contributed by atoms with van der Waals surface area (Å²) in [6, 6.07) is 64.3. The first-order chi connectivity index (χ1) is 27.5. The van der Waals surface area contributed by atoms with Gasteiger partial charge in [-0.2, -0.15) is 0 Å². The number of nitrogens with zero attached hydrogens (tertiary/aromatic N) is 2. The van der Waals surface area contributed by atoms with Crippen molar-refractivity contribution in [1.82, 2.24) is 9.97 Å². The molecule has 0 aliphatic carbocycles. The first kappa shape index (κ1) is 35.8. The maximum absolute atomic E-state index is 5.21. The van der Waals surface area contributed by atoms with E-state index in [9.17, 15) is 0 Å². The average molecular weight is 719 g/mol. The van der Waals surface area contributed by atoms with Gasteiger partial charge in [0.05, 0.1) is 22.8 Å². The van der Waals surface area contributed by atoms with Crippen LogP contribution in [0.4, 0.5) is 0 Å². The number of benzene rings is 6. The fourth-order valence-corrected chi connectivity index (χ4v) is 7.24. The molecule has 0 unspecified atom stereocenters. The summed E-state index contributed by atoms with van der Waals surface area (Å²) in [6.45, 7) is 12.2. The number of aromatic nitrogens is 2. The highest BCUT2D eigenvalue weighted by molar-refractivity contribution is 5.83. The number of aryl methyl sites for hydroxylation is 1. The Kier molecular flexibility index (Phi) is 10.3. The van der Waals surface area contributed by atoms with E-state index in [1.54, 1.807) is 0 Å². The third-order valence-corrected chi connectivity index (χ3v) is 10.4. The molecule has 0 spiro atoms. The van der Waals surface area contributed by atoms with Gasteiger partial charge in [-0.3, -0.25) is 0 Å². The maximum atomic E-state index is 5.21. The summed E-state index contributed by atoms with van der Waals surface area (Å²) < 4.78 is 0. The van der Waals surface area contributed by atoms with Crippen LogP contribution in [-0.4, -0.2) is 9.97 Å². The molecule has 56 heavy (non-hydrogen) atoms. The highest BCUT2D eigenvalue weighted by Crippen LogP contribution is 2.36. The van der Waals surface area contributed by atoms with Crippen molar-refractivity contribution in [3.05, 3.63) is 224 Å². The minimum atomic E-state index is 0.912. The molecular formula is C54H42N2. The number of pyridine rings is 2. The van der Waals surface area contributed by atoms with Crippen LogP contribution in [0.5, 0.6) is 0 Å². The molecule has 2 nitrogen and oxygen atoms in total. The topological polar surface area (TPSA) is 25.8 Å². The van der Waals surface area contributed by atoms with Crippen molar-refractivity contribution >= 4 is 5.57 Å². The molecule has 0 radical (unpaired) electrons. The van der Waals surface area contributed by atoms with Gasteiger partial charge < -0.3 is 0 Å². The van der Waals surface area contributed by atoms with Gasteiger partial charge in [0.2, 0.25) is 0 Å². The Balaban J connectivity index is 1.22. The van der Waals surface area contributed by atoms with Gasteiger partial charge in [-0.1, -0.05) is 177 Å². The van der Waals surface area contributed by atoms with E-state index in [1.165, 1.54) is 16.7 Å². The number of allylic oxidation sites excluding steroid dienone is 4. The first-order valence-corrected chi connectivity index (χ1v) is 19.0. The van der Waals surface area contributed by atoms with Crippen molar-refractivity contribution in [2.45, 2.75) is 13.8 Å². The van der Waals surface area contributed by atoms with Crippen molar-refractivity contribution in [1.29, 1.82) is 0 Å². The lowest BCUT2D eigenvalue weighted by Gasteiger charge is -2.14. The SMILES string of the molecule is C=C/C(C)=C(\C=C)c1ccc(-c2cc(-c3cccc(-c4cc(-c5ccccc5)nc(-c5ccc(-c6ccccc6C)cc5)c4)c3)cc(-c3ccccc3)n2)cc1. The lowest BCUT2D eigenvalue weighted by Crippen LogP contribution is -1.93. The molecule has 0 saturated heterocycles. The summed E-state index contributed by atoms with van der Waals surface area (Å²) in [4.78, 5) is 10.4. The van der Waals surface area contributed by atoms with Crippen LogP contribution in [-0.2, 0) is 0 Å². The molecule has 0 atom stereocenters. The average Bonchev–Trinajstić information content (AvgIpc) is 3.27. The van der Waals surface area contributed by atoms with Gasteiger partial charge in [-0.05, 0) is 99.8 Å². The summed E-state index contributed by atoms with van der Waals surface area (Å²) in [5.74, 6) is 0. The summed E-state index contributed by atoms with van der Waals surface area (Å²) in [5, 5.41) is 0. The van der Waals surface area contributed by atoms with Gasteiger partial charge in [0, 0.05) is 22.3 Å². The van der Waals surface area contributed by atoms with Crippen molar-refractivity contribution < 1.29 is 0 Å². The summed E-state index contributed by atoms with van der Waals surface area (Å²) >= 11 is 0. The minimum absolute atomic E-state index is 0.912. The molecule has 2 heterocycles. The second-order valence-corrected chi connectivity index (χ2v) is 14.0. The molecule has 0 fully saturated rings. The van der Waals surface area contributed by atoms with Gasteiger partial charge in [0.25, 0.3) is 0 Å². The number of hydrogen-bond donors (Lipinski definition) is 0. The van der Waals surface area contributed by atoms with Crippen LogP contribution in [0.2, 0.25) is 0 Å². The third kappa shape index (κ3) is 7.59. The molecule has 0 aliphatic heterocycles. The van der Waals surface area contributed by atoms with Crippen molar-refractivity contribution in [3.63, 3.8) is 0 Å². The molecule has 6 aromatic carbocycles. The lowest BCUT2D eigenvalue weighted by atomic mass is 9.94. The Morgan fingerprint density at radius 3 is 1.27 bits per heavy atom. The van der Waals surface area contributed by atoms with Crippen LogP contribution in [0.1, 0.15) is 18.1 Å². The van der Waals surface area contributed by atoms with E-state index in [1.807, 2.05) is 24.3 Å². The predicted octanol–water partition coefficient (Wildman–Crippen LogP) is 14.6. The van der Waals surface area contributed by atoms with Crippen LogP contribution in [0.25, 0.3) is 84.0 Å². The Hall–Kier alpha value is -7.16. The molecule has 2 aromatic heterocycles. The van der Waals surface area contributed by atoms with Crippen LogP contribution >= 0.6 is 0 Å². The van der Waals surface area contributed by atoms with E-state index < -0.39 is 0 Å². The summed E-state index contributed by atoms with van der Waals surface area (Å²) in [5.41, 5.74) is 19.4. The molecule has 0 N–H and O–H groups in total. The quantitative estimate of drug-likeness (QED) is 0.132. The molecule has 8 rings (SSSR count). The van der Waals surface area contributed by atoms with E-state index in [4.69, 9.17) is 9.97 Å². The van der Waals surface area contributed by atoms with E-state index in [2.05, 4.69) is 197 Å². The van der Waals surface area contributed by atoms with Crippen molar-refractivity contribution in [3.8, 4) is 78.4 Å². The molecule has 0 bridgehead atoms. The van der Waals surface area contributed by atoms with E-state index in [0.29, 0.717) is 0 Å². The predicted molar refractivity (Wildman–Crippen MR) is 238 cm³/mol. The zero-order valence-electron chi connectivity index (χ0n) is 31.8. The molecular weight excluding hydrogens is 677 g/mol. The van der Waals surface area contributed by atoms with Gasteiger partial charge in [0.15, 0.2) is 0 Å². The van der Waals surface area contributed by atoms with Crippen molar-refractivity contribution in [2.75, 3.05) is 0 Å². The normalized spacial score (nSPS) is 11.5. The Bertz CT molecular complexity index is 2700. The second kappa shape index (κ2) is 16.1. The Morgan fingerprint density at radius 2 is 0.804 bits per heavy atom. The van der Waals surface area contributed by atoms with Crippen LogP contribution in [0.15, 0.2) is 213 Å². The maximum Gasteiger partial charge on any atom is 0.0715 e. The molecule has 0 amide bonds. The highest BCUT2D eigenvalue weighted by atomic mass is 14.7. The number of hydrogen-bond acceptors (Lipinski definition) is 2. The van der Waals surface area contributed by atoms with E-state index in [-0.39, 0.29) is 0 Å². The zero-order chi connectivity index (χ0) is 38.4. The Morgan fingerprint density at radius 1 is 0.393 bits per heavy atom. The zero-order valence-corrected chi connectivity index (χ0v) is 31.8. The molecule has 0 aliphatic rings. The molecule has 2 heteroatoms. The monoisotopic (exact) mass is 718 g/mol. The standard InChI is InChI=1S/C54H42N2/c1-5-37(3)49(6-2)39-24-28-43(29-25-39)53-35-47(33-51(55-53)41-17-9-7-10-18-41)45-21-15-22-46(32-45)48-34-52(42-19-11-8-12-20-42)56-54(36-48)44-30-26-40(27-31-44)50-23-14-13-16-38(50)4/h5-36H,1-2H2,3-4H3/b49-37+. The molecule has 0 saturated carbocycles.